The monoisotopic (exact) mass is 313 g/mol. The zero-order valence-electron chi connectivity index (χ0n) is 11.7. The first-order chi connectivity index (χ1) is 9.29. The van der Waals surface area contributed by atoms with Crippen molar-refractivity contribution < 1.29 is 8.42 Å². The molecular formula is C13H19N3O2S2. The molecule has 0 unspecified atom stereocenters. The van der Waals surface area contributed by atoms with Crippen molar-refractivity contribution in [2.24, 2.45) is 5.73 Å². The molecule has 2 rings (SSSR count). The molecule has 0 atom stereocenters. The lowest BCUT2D eigenvalue weighted by Gasteiger charge is -2.35. The third kappa shape index (κ3) is 3.28. The van der Waals surface area contributed by atoms with Crippen LogP contribution in [0.5, 0.6) is 0 Å². The quantitative estimate of drug-likeness (QED) is 0.833. The summed E-state index contributed by atoms with van der Waals surface area (Å²) in [5.41, 5.74) is 8.73. The van der Waals surface area contributed by atoms with Gasteiger partial charge in [0.1, 0.15) is 4.99 Å². The lowest BCUT2D eigenvalue weighted by atomic mass is 10.1. The summed E-state index contributed by atoms with van der Waals surface area (Å²) in [6.07, 6.45) is 1.25. The van der Waals surface area contributed by atoms with E-state index >= 15 is 0 Å². The Hall–Kier alpha value is -1.18. The van der Waals surface area contributed by atoms with Crippen LogP contribution in [-0.4, -0.2) is 50.1 Å². The van der Waals surface area contributed by atoms with Crippen LogP contribution in [0.3, 0.4) is 0 Å². The molecule has 2 N–H and O–H groups in total. The Morgan fingerprint density at radius 1 is 1.25 bits per heavy atom. The third-order valence-electron chi connectivity index (χ3n) is 3.47. The van der Waals surface area contributed by atoms with Crippen molar-refractivity contribution in [3.8, 4) is 0 Å². The molecule has 0 bridgehead atoms. The van der Waals surface area contributed by atoms with Crippen molar-refractivity contribution >= 4 is 32.9 Å². The van der Waals surface area contributed by atoms with Gasteiger partial charge in [-0.2, -0.15) is 4.31 Å². The number of nitrogens with two attached hydrogens (primary N) is 1. The van der Waals surface area contributed by atoms with Crippen LogP contribution in [-0.2, 0) is 10.0 Å². The summed E-state index contributed by atoms with van der Waals surface area (Å²) in [4.78, 5) is 2.50. The van der Waals surface area contributed by atoms with Gasteiger partial charge in [0, 0.05) is 37.4 Å². The van der Waals surface area contributed by atoms with Crippen LogP contribution >= 0.6 is 12.2 Å². The first-order valence-corrected chi connectivity index (χ1v) is 8.65. The summed E-state index contributed by atoms with van der Waals surface area (Å²) in [6, 6.07) is 5.99. The van der Waals surface area contributed by atoms with Gasteiger partial charge < -0.3 is 10.6 Å². The molecular weight excluding hydrogens is 294 g/mol. The predicted octanol–water partition coefficient (Wildman–Crippen LogP) is 0.711. The van der Waals surface area contributed by atoms with Gasteiger partial charge in [-0.25, -0.2) is 8.42 Å². The fourth-order valence-corrected chi connectivity index (χ4v) is 3.37. The summed E-state index contributed by atoms with van der Waals surface area (Å²) in [5.74, 6) is 0. The zero-order valence-corrected chi connectivity index (χ0v) is 13.3. The summed E-state index contributed by atoms with van der Waals surface area (Å²) < 4.78 is 24.5. The van der Waals surface area contributed by atoms with Gasteiger partial charge in [-0.15, -0.1) is 0 Å². The molecule has 20 heavy (non-hydrogen) atoms. The van der Waals surface area contributed by atoms with Crippen molar-refractivity contribution in [2.45, 2.75) is 6.92 Å². The Morgan fingerprint density at radius 3 is 2.35 bits per heavy atom. The van der Waals surface area contributed by atoms with Gasteiger partial charge in [0.05, 0.1) is 6.26 Å². The second-order valence-electron chi connectivity index (χ2n) is 5.03. The fraction of sp³-hybridized carbons (Fsp3) is 0.462. The Balaban J connectivity index is 2.21. The van der Waals surface area contributed by atoms with Gasteiger partial charge in [0.2, 0.25) is 10.0 Å². The van der Waals surface area contributed by atoms with E-state index in [-0.39, 0.29) is 0 Å². The molecule has 7 heteroatoms. The van der Waals surface area contributed by atoms with Crippen LogP contribution in [0.15, 0.2) is 18.2 Å². The molecule has 1 heterocycles. The maximum Gasteiger partial charge on any atom is 0.211 e. The molecule has 1 aromatic rings. The van der Waals surface area contributed by atoms with Crippen molar-refractivity contribution in [2.75, 3.05) is 37.3 Å². The Morgan fingerprint density at radius 2 is 1.85 bits per heavy atom. The first-order valence-electron chi connectivity index (χ1n) is 6.39. The van der Waals surface area contributed by atoms with E-state index in [4.69, 9.17) is 18.0 Å². The van der Waals surface area contributed by atoms with Gasteiger partial charge in [0.15, 0.2) is 0 Å². The van der Waals surface area contributed by atoms with E-state index < -0.39 is 10.0 Å². The molecule has 1 saturated heterocycles. The Labute approximate surface area is 125 Å². The van der Waals surface area contributed by atoms with Crippen molar-refractivity contribution in [3.63, 3.8) is 0 Å². The number of piperazine rings is 1. The van der Waals surface area contributed by atoms with E-state index in [1.54, 1.807) is 0 Å². The molecule has 5 nitrogen and oxygen atoms in total. The van der Waals surface area contributed by atoms with Gasteiger partial charge >= 0.3 is 0 Å². The molecule has 0 spiro atoms. The highest BCUT2D eigenvalue weighted by molar-refractivity contribution is 7.88. The van der Waals surface area contributed by atoms with Crippen LogP contribution in [0.25, 0.3) is 0 Å². The number of nitrogens with zero attached hydrogens (tertiary/aromatic N) is 2. The van der Waals surface area contributed by atoms with Crippen molar-refractivity contribution in [1.29, 1.82) is 0 Å². The largest absolute Gasteiger partial charge is 0.389 e. The van der Waals surface area contributed by atoms with Crippen LogP contribution < -0.4 is 10.6 Å². The number of benzene rings is 1. The zero-order chi connectivity index (χ0) is 14.9. The lowest BCUT2D eigenvalue weighted by molar-refractivity contribution is 0.388. The third-order valence-corrected chi connectivity index (χ3v) is 4.99. The van der Waals surface area contributed by atoms with Gasteiger partial charge in [-0.1, -0.05) is 23.8 Å². The molecule has 0 saturated carbocycles. The number of sulfonamides is 1. The fourth-order valence-electron chi connectivity index (χ4n) is 2.38. The van der Waals surface area contributed by atoms with E-state index in [1.807, 2.05) is 25.1 Å². The number of hydrogen-bond donors (Lipinski definition) is 1. The lowest BCUT2D eigenvalue weighted by Crippen LogP contribution is -2.48. The molecule has 110 valence electrons. The standard InChI is InChI=1S/C13H19N3O2S2/c1-10-3-4-12(11(9-10)13(14)19)15-5-7-16(8-6-15)20(2,17)18/h3-4,9H,5-8H2,1-2H3,(H2,14,19). The normalized spacial score (nSPS) is 17.2. The maximum atomic E-state index is 11.5. The minimum absolute atomic E-state index is 0.370. The van der Waals surface area contributed by atoms with E-state index in [0.717, 1.165) is 16.8 Å². The second-order valence-corrected chi connectivity index (χ2v) is 7.46. The Kier molecular flexibility index (Phi) is 4.31. The summed E-state index contributed by atoms with van der Waals surface area (Å²) in [6.45, 7) is 4.26. The average Bonchev–Trinajstić information content (AvgIpc) is 2.37. The van der Waals surface area contributed by atoms with Crippen LogP contribution in [0, 0.1) is 6.92 Å². The predicted molar refractivity (Wildman–Crippen MR) is 85.7 cm³/mol. The van der Waals surface area contributed by atoms with Gasteiger partial charge in [-0.05, 0) is 19.1 Å². The minimum Gasteiger partial charge on any atom is -0.389 e. The smallest absolute Gasteiger partial charge is 0.211 e. The van der Waals surface area contributed by atoms with Gasteiger partial charge in [0.25, 0.3) is 0 Å². The number of hydrogen-bond acceptors (Lipinski definition) is 4. The van der Waals surface area contributed by atoms with Crippen LogP contribution in [0.4, 0.5) is 5.69 Å². The maximum absolute atomic E-state index is 11.5. The van der Waals surface area contributed by atoms with Crippen molar-refractivity contribution in [1.82, 2.24) is 4.31 Å². The number of anilines is 1. The van der Waals surface area contributed by atoms with E-state index in [0.29, 0.717) is 31.2 Å². The average molecular weight is 313 g/mol. The Bertz CT molecular complexity index is 621. The number of thiocarbonyl (C=S) groups is 1. The SMILES string of the molecule is Cc1ccc(N2CCN(S(C)(=O)=O)CC2)c(C(N)=S)c1. The molecule has 0 radical (unpaired) electrons. The summed E-state index contributed by atoms with van der Waals surface area (Å²) in [5, 5.41) is 0. The van der Waals surface area contributed by atoms with E-state index in [9.17, 15) is 8.42 Å². The van der Waals surface area contributed by atoms with Crippen LogP contribution in [0.1, 0.15) is 11.1 Å². The molecule has 1 fully saturated rings. The number of rotatable bonds is 3. The summed E-state index contributed by atoms with van der Waals surface area (Å²) in [7, 11) is -3.11. The number of aryl methyl sites for hydroxylation is 1. The first kappa shape index (κ1) is 15.2. The van der Waals surface area contributed by atoms with E-state index in [1.165, 1.54) is 10.6 Å². The highest BCUT2D eigenvalue weighted by atomic mass is 32.2. The minimum atomic E-state index is -3.11. The highest BCUT2D eigenvalue weighted by Gasteiger charge is 2.24. The molecule has 0 amide bonds. The van der Waals surface area contributed by atoms with Gasteiger partial charge in [-0.3, -0.25) is 0 Å². The summed E-state index contributed by atoms with van der Waals surface area (Å²) >= 11 is 5.11. The molecule has 0 aromatic heterocycles. The highest BCUT2D eigenvalue weighted by Crippen LogP contribution is 2.23. The molecule has 1 aromatic carbocycles. The second kappa shape index (κ2) is 5.67. The van der Waals surface area contributed by atoms with Crippen LogP contribution in [0.2, 0.25) is 0 Å². The van der Waals surface area contributed by atoms with E-state index in [2.05, 4.69) is 4.90 Å². The molecule has 1 aliphatic heterocycles. The van der Waals surface area contributed by atoms with Crippen molar-refractivity contribution in [3.05, 3.63) is 29.3 Å². The molecule has 0 aliphatic carbocycles. The topological polar surface area (TPSA) is 66.6 Å². The molecule has 1 aliphatic rings.